The Labute approximate surface area is 215 Å². The van der Waals surface area contributed by atoms with E-state index in [1.807, 2.05) is 25.1 Å². The van der Waals surface area contributed by atoms with Gasteiger partial charge >= 0.3 is 0 Å². The topological polar surface area (TPSA) is 121 Å². The van der Waals surface area contributed by atoms with E-state index in [0.29, 0.717) is 36.7 Å². The highest BCUT2D eigenvalue weighted by molar-refractivity contribution is 6.32. The van der Waals surface area contributed by atoms with Crippen LogP contribution in [0.4, 0.5) is 11.8 Å². The molecule has 4 N–H and O–H groups in total. The number of nitrogens with one attached hydrogen (secondary N) is 3. The van der Waals surface area contributed by atoms with Gasteiger partial charge in [-0.2, -0.15) is 0 Å². The van der Waals surface area contributed by atoms with Gasteiger partial charge in [0.25, 0.3) is 5.91 Å². The van der Waals surface area contributed by atoms with E-state index in [4.69, 9.17) is 21.3 Å². The number of anilines is 2. The maximum atomic E-state index is 12.1. The number of aliphatic hydroxyl groups excluding tert-OH is 1. The first-order valence-corrected chi connectivity index (χ1v) is 12.8. The molecule has 0 spiro atoms. The van der Waals surface area contributed by atoms with E-state index < -0.39 is 12.0 Å². The smallest absolute Gasteiger partial charge is 0.253 e. The van der Waals surface area contributed by atoms with Crippen LogP contribution in [0.2, 0.25) is 5.02 Å². The fourth-order valence-corrected chi connectivity index (χ4v) is 4.78. The molecule has 0 bridgehead atoms. The lowest BCUT2D eigenvalue weighted by atomic mass is 9.86. The molecule has 3 heterocycles. The van der Waals surface area contributed by atoms with Crippen molar-refractivity contribution in [3.05, 3.63) is 52.8 Å². The third-order valence-corrected chi connectivity index (χ3v) is 7.34. The zero-order valence-electron chi connectivity index (χ0n) is 20.2. The minimum atomic E-state index is -1.29. The van der Waals surface area contributed by atoms with E-state index in [9.17, 15) is 9.90 Å². The normalized spacial score (nSPS) is 21.0. The first-order valence-electron chi connectivity index (χ1n) is 12.4. The van der Waals surface area contributed by atoms with Crippen LogP contribution in [-0.4, -0.2) is 57.8 Å². The van der Waals surface area contributed by atoms with Gasteiger partial charge in [0, 0.05) is 41.0 Å². The quantitative estimate of drug-likeness (QED) is 0.362. The second-order valence-corrected chi connectivity index (χ2v) is 10.1. The number of pyridine rings is 1. The molecule has 5 rings (SSSR count). The molecule has 1 aliphatic carbocycles. The highest BCUT2D eigenvalue weighted by atomic mass is 35.5. The van der Waals surface area contributed by atoms with Crippen LogP contribution in [0, 0.1) is 12.8 Å². The van der Waals surface area contributed by atoms with Crippen LogP contribution < -0.4 is 16.0 Å². The monoisotopic (exact) mass is 510 g/mol. The Bertz CT molecular complexity index is 1210. The van der Waals surface area contributed by atoms with Crippen molar-refractivity contribution in [2.75, 3.05) is 30.4 Å². The first-order chi connectivity index (χ1) is 17.4. The lowest BCUT2D eigenvalue weighted by Gasteiger charge is -2.29. The largest absolute Gasteiger partial charge is 0.378 e. The van der Waals surface area contributed by atoms with E-state index in [-0.39, 0.29) is 6.04 Å². The SMILES string of the molecule is Cc1cc2nc(NC3CCC(CNc4ncc([C@H](O)C(=O)NC5COC5)cn4)CC3)ccc2cc1Cl. The van der Waals surface area contributed by atoms with Gasteiger partial charge in [-0.3, -0.25) is 4.79 Å². The Kier molecular flexibility index (Phi) is 7.50. The van der Waals surface area contributed by atoms with E-state index >= 15 is 0 Å². The number of aromatic nitrogens is 3. The molecule has 2 aliphatic rings. The Hall–Kier alpha value is -3.01. The molecule has 9 nitrogen and oxygen atoms in total. The van der Waals surface area contributed by atoms with E-state index in [0.717, 1.165) is 59.5 Å². The van der Waals surface area contributed by atoms with Gasteiger partial charge in [-0.25, -0.2) is 15.0 Å². The zero-order valence-corrected chi connectivity index (χ0v) is 21.0. The average Bonchev–Trinajstić information content (AvgIpc) is 2.86. The van der Waals surface area contributed by atoms with Gasteiger partial charge < -0.3 is 25.8 Å². The van der Waals surface area contributed by atoms with Crippen molar-refractivity contribution in [1.29, 1.82) is 0 Å². The lowest BCUT2D eigenvalue weighted by molar-refractivity contribution is -0.133. The van der Waals surface area contributed by atoms with Crippen molar-refractivity contribution in [3.63, 3.8) is 0 Å². The van der Waals surface area contributed by atoms with Gasteiger partial charge in [0.1, 0.15) is 5.82 Å². The molecule has 36 heavy (non-hydrogen) atoms. The van der Waals surface area contributed by atoms with Gasteiger partial charge in [-0.05, 0) is 68.4 Å². The van der Waals surface area contributed by atoms with Gasteiger partial charge in [0.15, 0.2) is 6.10 Å². The highest BCUT2D eigenvalue weighted by Crippen LogP contribution is 2.28. The number of carbonyl (C=O) groups excluding carboxylic acids is 1. The molecular weight excluding hydrogens is 480 g/mol. The van der Waals surface area contributed by atoms with Crippen molar-refractivity contribution < 1.29 is 14.6 Å². The standard InChI is InChI=1S/C26H31ClN6O3/c1-15-8-22-17(9-21(15)27)4-7-23(33-22)31-19-5-2-16(3-6-19)10-28-26-29-11-18(12-30-26)24(34)25(35)32-20-13-36-14-20/h4,7-9,11-12,16,19-20,24,34H,2-3,5-6,10,13-14H2,1H3,(H,31,33)(H,32,35)(H,28,29,30)/t16?,19?,24-/m0/s1. The van der Waals surface area contributed by atoms with Crippen molar-refractivity contribution >= 4 is 40.2 Å². The molecule has 3 aromatic rings. The fraction of sp³-hybridized carbons (Fsp3) is 0.462. The summed E-state index contributed by atoms with van der Waals surface area (Å²) >= 11 is 6.23. The zero-order chi connectivity index (χ0) is 25.1. The van der Waals surface area contributed by atoms with Crippen molar-refractivity contribution in [2.45, 2.75) is 50.8 Å². The van der Waals surface area contributed by atoms with Gasteiger partial charge in [0.05, 0.1) is 24.8 Å². The molecule has 1 saturated heterocycles. The summed E-state index contributed by atoms with van der Waals surface area (Å²) in [5.74, 6) is 1.46. The molecule has 1 amide bonds. The number of benzene rings is 1. The summed E-state index contributed by atoms with van der Waals surface area (Å²) in [5, 5.41) is 21.6. The number of halogens is 1. The molecule has 0 radical (unpaired) electrons. The van der Waals surface area contributed by atoms with Crippen LogP contribution >= 0.6 is 11.6 Å². The lowest BCUT2D eigenvalue weighted by Crippen LogP contribution is -2.50. The Morgan fingerprint density at radius 1 is 1.14 bits per heavy atom. The summed E-state index contributed by atoms with van der Waals surface area (Å²) in [6, 6.07) is 8.43. The molecule has 1 aromatic carbocycles. The Morgan fingerprint density at radius 3 is 2.58 bits per heavy atom. The maximum absolute atomic E-state index is 12.1. The first kappa shape index (κ1) is 24.7. The third kappa shape index (κ3) is 5.86. The molecule has 2 fully saturated rings. The van der Waals surface area contributed by atoms with E-state index in [2.05, 4.69) is 32.0 Å². The minimum Gasteiger partial charge on any atom is -0.378 e. The van der Waals surface area contributed by atoms with Gasteiger partial charge in [-0.1, -0.05) is 11.6 Å². The molecule has 1 aliphatic heterocycles. The van der Waals surface area contributed by atoms with Crippen LogP contribution in [0.25, 0.3) is 10.9 Å². The van der Waals surface area contributed by atoms with Crippen LogP contribution in [0.1, 0.15) is 42.9 Å². The molecule has 1 saturated carbocycles. The molecule has 10 heteroatoms. The average molecular weight is 511 g/mol. The number of hydrogen-bond acceptors (Lipinski definition) is 8. The Balaban J connectivity index is 1.06. The number of carbonyl (C=O) groups is 1. The number of fused-ring (bicyclic) bond motifs is 1. The predicted molar refractivity (Wildman–Crippen MR) is 139 cm³/mol. The van der Waals surface area contributed by atoms with Crippen molar-refractivity contribution in [3.8, 4) is 0 Å². The summed E-state index contributed by atoms with van der Waals surface area (Å²) in [6.45, 7) is 3.73. The summed E-state index contributed by atoms with van der Waals surface area (Å²) < 4.78 is 5.03. The van der Waals surface area contributed by atoms with Crippen LogP contribution in [0.3, 0.4) is 0 Å². The number of hydrogen-bond donors (Lipinski definition) is 4. The van der Waals surface area contributed by atoms with Crippen LogP contribution in [-0.2, 0) is 9.53 Å². The number of rotatable bonds is 8. The third-order valence-electron chi connectivity index (χ3n) is 6.94. The second kappa shape index (κ2) is 10.9. The number of aliphatic hydroxyl groups is 1. The Morgan fingerprint density at radius 2 is 1.89 bits per heavy atom. The van der Waals surface area contributed by atoms with E-state index in [1.165, 1.54) is 12.4 Å². The van der Waals surface area contributed by atoms with Crippen LogP contribution in [0.5, 0.6) is 0 Å². The number of amides is 1. The highest BCUT2D eigenvalue weighted by Gasteiger charge is 2.26. The summed E-state index contributed by atoms with van der Waals surface area (Å²) in [7, 11) is 0. The molecule has 2 aromatic heterocycles. The van der Waals surface area contributed by atoms with Crippen LogP contribution in [0.15, 0.2) is 36.7 Å². The molecule has 190 valence electrons. The molecule has 0 unspecified atom stereocenters. The van der Waals surface area contributed by atoms with Gasteiger partial charge in [0.2, 0.25) is 5.95 Å². The number of nitrogens with zero attached hydrogens (tertiary/aromatic N) is 3. The number of aryl methyl sites for hydroxylation is 1. The maximum Gasteiger partial charge on any atom is 0.253 e. The second-order valence-electron chi connectivity index (χ2n) is 9.72. The summed E-state index contributed by atoms with van der Waals surface area (Å²) in [4.78, 5) is 25.4. The van der Waals surface area contributed by atoms with Crippen molar-refractivity contribution in [1.82, 2.24) is 20.3 Å². The summed E-state index contributed by atoms with van der Waals surface area (Å²) in [5.41, 5.74) is 2.35. The van der Waals surface area contributed by atoms with Crippen molar-refractivity contribution in [2.24, 2.45) is 5.92 Å². The van der Waals surface area contributed by atoms with E-state index in [1.54, 1.807) is 0 Å². The minimum absolute atomic E-state index is 0.0352. The number of ether oxygens (including phenoxy) is 1. The summed E-state index contributed by atoms with van der Waals surface area (Å²) in [6.07, 6.45) is 6.01. The fourth-order valence-electron chi connectivity index (χ4n) is 4.60. The van der Waals surface area contributed by atoms with Gasteiger partial charge in [-0.15, -0.1) is 0 Å². The molecular formula is C26H31ClN6O3. The predicted octanol–water partition coefficient (Wildman–Crippen LogP) is 3.62. The molecule has 1 atom stereocenters.